The predicted octanol–water partition coefficient (Wildman–Crippen LogP) is 3.24. The van der Waals surface area contributed by atoms with Crippen LogP contribution in [0.5, 0.6) is 5.75 Å². The summed E-state index contributed by atoms with van der Waals surface area (Å²) in [5, 5.41) is 11.3. The third kappa shape index (κ3) is 3.86. The molecule has 1 heterocycles. The highest BCUT2D eigenvalue weighted by Crippen LogP contribution is 2.25. The number of rotatable bonds is 7. The van der Waals surface area contributed by atoms with Gasteiger partial charge < -0.3 is 10.1 Å². The predicted molar refractivity (Wildman–Crippen MR) is 102 cm³/mol. The van der Waals surface area contributed by atoms with Crippen LogP contribution >= 0.6 is 0 Å². The summed E-state index contributed by atoms with van der Waals surface area (Å²) in [7, 11) is 0. The Bertz CT molecular complexity index is 978. The van der Waals surface area contributed by atoms with Crippen LogP contribution in [-0.2, 0) is 0 Å². The first-order valence-electron chi connectivity index (χ1n) is 8.96. The van der Waals surface area contributed by atoms with Gasteiger partial charge in [0.15, 0.2) is 6.61 Å². The number of imide groups is 1. The summed E-state index contributed by atoms with van der Waals surface area (Å²) >= 11 is 0. The molecule has 3 rings (SSSR count). The molecule has 2 aromatic carbocycles. The summed E-state index contributed by atoms with van der Waals surface area (Å²) < 4.78 is 5.21. The van der Waals surface area contributed by atoms with Crippen molar-refractivity contribution < 1.29 is 19.1 Å². The van der Waals surface area contributed by atoms with E-state index >= 15 is 0 Å². The highest BCUT2D eigenvalue weighted by molar-refractivity contribution is 6.22. The number of fused-ring (bicyclic) bond motifs is 1. The van der Waals surface area contributed by atoms with Gasteiger partial charge in [0.1, 0.15) is 11.8 Å². The van der Waals surface area contributed by atoms with Crippen LogP contribution in [0.2, 0.25) is 0 Å². The average molecular weight is 377 g/mol. The summed E-state index contributed by atoms with van der Waals surface area (Å²) in [5.41, 5.74) is 1.35. The number of benzene rings is 2. The van der Waals surface area contributed by atoms with Crippen molar-refractivity contribution in [3.05, 3.63) is 59.2 Å². The van der Waals surface area contributed by atoms with Crippen molar-refractivity contribution >= 4 is 23.4 Å². The molecule has 28 heavy (non-hydrogen) atoms. The molecule has 1 N–H and O–H groups in total. The van der Waals surface area contributed by atoms with Gasteiger partial charge in [0.05, 0.1) is 11.1 Å². The second-order valence-corrected chi connectivity index (χ2v) is 6.30. The van der Waals surface area contributed by atoms with Crippen molar-refractivity contribution in [3.63, 3.8) is 0 Å². The maximum absolute atomic E-state index is 12.6. The standard InChI is InChI=1S/C21H19N3O4/c1-2-3-10-24-20(26)17-8-7-14(12-18(17)21(24)27)19(25)23-15-5-4-6-16(13-15)28-11-9-22/h4-8,12-13H,2-3,10-11H2,1H3,(H,23,25). The lowest BCUT2D eigenvalue weighted by atomic mass is 10.1. The summed E-state index contributed by atoms with van der Waals surface area (Å²) in [6, 6.07) is 13.0. The van der Waals surface area contributed by atoms with Gasteiger partial charge in [-0.1, -0.05) is 19.4 Å². The third-order valence-corrected chi connectivity index (χ3v) is 4.36. The fourth-order valence-corrected chi connectivity index (χ4v) is 2.93. The maximum atomic E-state index is 12.6. The Morgan fingerprint density at radius 1 is 1.14 bits per heavy atom. The highest BCUT2D eigenvalue weighted by Gasteiger charge is 2.35. The lowest BCUT2D eigenvalue weighted by Crippen LogP contribution is -2.30. The number of carbonyl (C=O) groups excluding carboxylic acids is 3. The number of unbranched alkanes of at least 4 members (excludes halogenated alkanes) is 1. The number of nitriles is 1. The molecule has 7 nitrogen and oxygen atoms in total. The molecule has 0 spiro atoms. The number of ether oxygens (including phenoxy) is 1. The topological polar surface area (TPSA) is 99.5 Å². The third-order valence-electron chi connectivity index (χ3n) is 4.36. The minimum absolute atomic E-state index is 0.0904. The maximum Gasteiger partial charge on any atom is 0.261 e. The molecule has 1 aliphatic heterocycles. The van der Waals surface area contributed by atoms with Crippen molar-refractivity contribution in [1.29, 1.82) is 5.26 Å². The molecule has 1 aliphatic rings. The van der Waals surface area contributed by atoms with Crippen LogP contribution in [-0.4, -0.2) is 35.8 Å². The number of amides is 3. The van der Waals surface area contributed by atoms with Crippen molar-refractivity contribution in [2.45, 2.75) is 19.8 Å². The van der Waals surface area contributed by atoms with Crippen LogP contribution in [0.3, 0.4) is 0 Å². The van der Waals surface area contributed by atoms with Crippen molar-refractivity contribution in [2.24, 2.45) is 0 Å². The van der Waals surface area contributed by atoms with Crippen LogP contribution in [0.1, 0.15) is 50.8 Å². The van der Waals surface area contributed by atoms with Gasteiger partial charge in [-0.3, -0.25) is 19.3 Å². The summed E-state index contributed by atoms with van der Waals surface area (Å²) in [6.07, 6.45) is 1.61. The van der Waals surface area contributed by atoms with Crippen LogP contribution in [0, 0.1) is 11.3 Å². The van der Waals surface area contributed by atoms with Gasteiger partial charge in [-0.05, 0) is 36.8 Å². The SMILES string of the molecule is CCCCN1C(=O)c2ccc(C(=O)Nc3cccc(OCC#N)c3)cc2C1=O. The van der Waals surface area contributed by atoms with E-state index in [2.05, 4.69) is 5.32 Å². The Hall–Kier alpha value is -3.66. The molecule has 0 aromatic heterocycles. The molecule has 0 atom stereocenters. The number of nitrogens with one attached hydrogen (secondary N) is 1. The summed E-state index contributed by atoms with van der Waals surface area (Å²) in [5.74, 6) is -0.633. The number of carbonyl (C=O) groups is 3. The molecule has 0 saturated carbocycles. The van der Waals surface area contributed by atoms with Gasteiger partial charge >= 0.3 is 0 Å². The zero-order valence-electron chi connectivity index (χ0n) is 15.4. The van der Waals surface area contributed by atoms with Crippen LogP contribution in [0.4, 0.5) is 5.69 Å². The lowest BCUT2D eigenvalue weighted by Gasteiger charge is -2.12. The fraction of sp³-hybridized carbons (Fsp3) is 0.238. The van der Waals surface area contributed by atoms with Crippen LogP contribution < -0.4 is 10.1 Å². The lowest BCUT2D eigenvalue weighted by molar-refractivity contribution is 0.0652. The molecule has 3 amide bonds. The molecular weight excluding hydrogens is 358 g/mol. The Kier molecular flexibility index (Phi) is 5.70. The zero-order chi connectivity index (χ0) is 20.1. The van der Waals surface area contributed by atoms with Crippen LogP contribution in [0.15, 0.2) is 42.5 Å². The van der Waals surface area contributed by atoms with Crippen LogP contribution in [0.25, 0.3) is 0 Å². The number of hydrogen-bond acceptors (Lipinski definition) is 5. The Balaban J connectivity index is 1.77. The van der Waals surface area contributed by atoms with E-state index in [0.29, 0.717) is 23.5 Å². The molecule has 0 saturated heterocycles. The quantitative estimate of drug-likeness (QED) is 0.747. The Morgan fingerprint density at radius 3 is 2.68 bits per heavy atom. The second kappa shape index (κ2) is 8.35. The summed E-state index contributed by atoms with van der Waals surface area (Å²) in [6.45, 7) is 2.27. The zero-order valence-corrected chi connectivity index (χ0v) is 15.4. The first-order valence-corrected chi connectivity index (χ1v) is 8.96. The molecular formula is C21H19N3O4. The normalized spacial score (nSPS) is 12.5. The second-order valence-electron chi connectivity index (χ2n) is 6.30. The van der Waals surface area contributed by atoms with Crippen molar-refractivity contribution in [3.8, 4) is 11.8 Å². The number of anilines is 1. The van der Waals surface area contributed by atoms with E-state index in [4.69, 9.17) is 10.00 Å². The molecule has 7 heteroatoms. The van der Waals surface area contributed by atoms with Crippen molar-refractivity contribution in [2.75, 3.05) is 18.5 Å². The minimum Gasteiger partial charge on any atom is -0.479 e. The van der Waals surface area contributed by atoms with E-state index < -0.39 is 5.91 Å². The van der Waals surface area contributed by atoms with Gasteiger partial charge in [0.2, 0.25) is 0 Å². The molecule has 2 aromatic rings. The number of hydrogen-bond donors (Lipinski definition) is 1. The van der Waals surface area contributed by atoms with Gasteiger partial charge in [-0.2, -0.15) is 5.26 Å². The van der Waals surface area contributed by atoms with E-state index in [-0.39, 0.29) is 29.5 Å². The van der Waals surface area contributed by atoms with Gasteiger partial charge in [0, 0.05) is 23.9 Å². The largest absolute Gasteiger partial charge is 0.479 e. The van der Waals surface area contributed by atoms with E-state index in [0.717, 1.165) is 12.8 Å². The highest BCUT2D eigenvalue weighted by atomic mass is 16.5. The Morgan fingerprint density at radius 2 is 1.93 bits per heavy atom. The molecule has 0 radical (unpaired) electrons. The molecule has 0 fully saturated rings. The van der Waals surface area contributed by atoms with Gasteiger partial charge in [-0.25, -0.2) is 0 Å². The average Bonchev–Trinajstić information content (AvgIpc) is 2.94. The van der Waals surface area contributed by atoms with E-state index in [1.807, 2.05) is 13.0 Å². The van der Waals surface area contributed by atoms with E-state index in [1.54, 1.807) is 24.3 Å². The first kappa shape index (κ1) is 19.1. The summed E-state index contributed by atoms with van der Waals surface area (Å²) in [4.78, 5) is 38.7. The molecule has 0 aliphatic carbocycles. The molecule has 0 bridgehead atoms. The van der Waals surface area contributed by atoms with E-state index in [9.17, 15) is 14.4 Å². The number of nitrogens with zero attached hydrogens (tertiary/aromatic N) is 2. The van der Waals surface area contributed by atoms with E-state index in [1.165, 1.54) is 23.1 Å². The van der Waals surface area contributed by atoms with Crippen molar-refractivity contribution in [1.82, 2.24) is 4.90 Å². The Labute approximate surface area is 162 Å². The van der Waals surface area contributed by atoms with Gasteiger partial charge in [0.25, 0.3) is 17.7 Å². The monoisotopic (exact) mass is 377 g/mol. The smallest absolute Gasteiger partial charge is 0.261 e. The molecule has 142 valence electrons. The minimum atomic E-state index is -0.410. The first-order chi connectivity index (χ1) is 13.5. The fourth-order valence-electron chi connectivity index (χ4n) is 2.93. The molecule has 0 unspecified atom stereocenters. The van der Waals surface area contributed by atoms with Gasteiger partial charge in [-0.15, -0.1) is 0 Å².